The second-order valence-corrected chi connectivity index (χ2v) is 4.35. The van der Waals surface area contributed by atoms with Crippen LogP contribution >= 0.6 is 0 Å². The summed E-state index contributed by atoms with van der Waals surface area (Å²) in [6, 6.07) is 13.6. The first-order valence-electron chi connectivity index (χ1n) is 5.92. The summed E-state index contributed by atoms with van der Waals surface area (Å²) in [5.41, 5.74) is 6.82. The molecule has 3 nitrogen and oxygen atoms in total. The van der Waals surface area contributed by atoms with Gasteiger partial charge < -0.3 is 10.6 Å². The van der Waals surface area contributed by atoms with Crippen molar-refractivity contribution in [2.45, 2.75) is 0 Å². The molecule has 0 radical (unpaired) electrons. The van der Waals surface area contributed by atoms with Gasteiger partial charge in [0.2, 0.25) is 0 Å². The number of nitrogen functional groups attached to an aromatic ring is 1. The van der Waals surface area contributed by atoms with Crippen LogP contribution in [0.15, 0.2) is 48.5 Å². The second kappa shape index (κ2) is 5.52. The Morgan fingerprint density at radius 2 is 1.89 bits per heavy atom. The van der Waals surface area contributed by atoms with Crippen molar-refractivity contribution in [1.29, 1.82) is 0 Å². The third kappa shape index (κ3) is 3.10. The molecule has 0 aliphatic rings. The van der Waals surface area contributed by atoms with Crippen molar-refractivity contribution in [3.8, 4) is 0 Å². The molecule has 98 valence electrons. The van der Waals surface area contributed by atoms with E-state index in [4.69, 9.17) is 5.73 Å². The molecule has 0 saturated carbocycles. The highest BCUT2D eigenvalue weighted by molar-refractivity contribution is 5.99. The van der Waals surface area contributed by atoms with Gasteiger partial charge in [-0.1, -0.05) is 18.2 Å². The number of likely N-dealkylation sites (N-methyl/N-ethyl adjacent to an activating group) is 1. The van der Waals surface area contributed by atoms with Crippen molar-refractivity contribution in [2.75, 3.05) is 24.2 Å². The Labute approximate surface area is 111 Å². The molecule has 2 N–H and O–H groups in total. The summed E-state index contributed by atoms with van der Waals surface area (Å²) in [4.78, 5) is 13.9. The van der Waals surface area contributed by atoms with E-state index in [1.54, 1.807) is 0 Å². The SMILES string of the molecule is CN(CC(=O)c1ccc(F)c(N)c1)c1ccccc1. The van der Waals surface area contributed by atoms with Crippen molar-refractivity contribution in [3.63, 3.8) is 0 Å². The van der Waals surface area contributed by atoms with Crippen LogP contribution in [0, 0.1) is 5.82 Å². The summed E-state index contributed by atoms with van der Waals surface area (Å²) in [5, 5.41) is 0. The Balaban J connectivity index is 2.11. The first kappa shape index (κ1) is 13.1. The highest BCUT2D eigenvalue weighted by Crippen LogP contribution is 2.15. The summed E-state index contributed by atoms with van der Waals surface area (Å²) >= 11 is 0. The third-order valence-corrected chi connectivity index (χ3v) is 2.90. The van der Waals surface area contributed by atoms with Crippen LogP contribution in [0.5, 0.6) is 0 Å². The first-order chi connectivity index (χ1) is 9.08. The van der Waals surface area contributed by atoms with Crippen LogP contribution < -0.4 is 10.6 Å². The molecule has 0 unspecified atom stereocenters. The number of para-hydroxylation sites is 1. The number of hydrogen-bond acceptors (Lipinski definition) is 3. The number of anilines is 2. The van der Waals surface area contributed by atoms with Crippen LogP contribution in [-0.2, 0) is 0 Å². The number of hydrogen-bond donors (Lipinski definition) is 1. The van der Waals surface area contributed by atoms with Crippen molar-refractivity contribution in [3.05, 3.63) is 59.9 Å². The second-order valence-electron chi connectivity index (χ2n) is 4.35. The van der Waals surface area contributed by atoms with Gasteiger partial charge in [0.05, 0.1) is 12.2 Å². The van der Waals surface area contributed by atoms with Crippen LogP contribution in [0.1, 0.15) is 10.4 Å². The van der Waals surface area contributed by atoms with Crippen LogP contribution in [0.4, 0.5) is 15.8 Å². The average molecular weight is 258 g/mol. The summed E-state index contributed by atoms with van der Waals surface area (Å²) in [5.74, 6) is -0.606. The molecule has 2 aromatic rings. The van der Waals surface area contributed by atoms with Crippen LogP contribution in [0.2, 0.25) is 0 Å². The number of halogens is 1. The topological polar surface area (TPSA) is 46.3 Å². The summed E-state index contributed by atoms with van der Waals surface area (Å²) in [6.45, 7) is 0.217. The molecule has 0 atom stereocenters. The van der Waals surface area contributed by atoms with Gasteiger partial charge in [-0.2, -0.15) is 0 Å². The lowest BCUT2D eigenvalue weighted by molar-refractivity contribution is 0.100. The number of carbonyl (C=O) groups is 1. The molecule has 0 aromatic heterocycles. The number of benzene rings is 2. The van der Waals surface area contributed by atoms with E-state index in [0.29, 0.717) is 5.56 Å². The molecule has 0 heterocycles. The number of nitrogens with two attached hydrogens (primary N) is 1. The number of Topliss-reactive ketones (excluding diaryl/α,β-unsaturated/α-hetero) is 1. The van der Waals surface area contributed by atoms with Gasteiger partial charge in [-0.25, -0.2) is 4.39 Å². The molecule has 19 heavy (non-hydrogen) atoms. The lowest BCUT2D eigenvalue weighted by Gasteiger charge is -2.18. The molecule has 0 aliphatic carbocycles. The molecule has 0 saturated heterocycles. The van der Waals surface area contributed by atoms with E-state index in [0.717, 1.165) is 5.69 Å². The Morgan fingerprint density at radius 1 is 1.21 bits per heavy atom. The molecule has 0 amide bonds. The highest BCUT2D eigenvalue weighted by atomic mass is 19.1. The Morgan fingerprint density at radius 3 is 2.53 bits per heavy atom. The monoisotopic (exact) mass is 258 g/mol. The number of nitrogens with zero attached hydrogens (tertiary/aromatic N) is 1. The minimum absolute atomic E-state index is 0.00628. The van der Waals surface area contributed by atoms with Crippen LogP contribution in [0.3, 0.4) is 0 Å². The quantitative estimate of drug-likeness (QED) is 0.677. The number of carbonyl (C=O) groups excluding carboxylic acids is 1. The zero-order chi connectivity index (χ0) is 13.8. The van der Waals surface area contributed by atoms with Gasteiger partial charge in [-0.05, 0) is 30.3 Å². The predicted octanol–water partition coefficient (Wildman–Crippen LogP) is 2.73. The molecule has 4 heteroatoms. The summed E-state index contributed by atoms with van der Waals surface area (Å²) in [7, 11) is 1.83. The van der Waals surface area contributed by atoms with Crippen LogP contribution in [0.25, 0.3) is 0 Å². The minimum atomic E-state index is -0.507. The Kier molecular flexibility index (Phi) is 3.80. The van der Waals surface area contributed by atoms with E-state index in [2.05, 4.69) is 0 Å². The Bertz CT molecular complexity index is 584. The van der Waals surface area contributed by atoms with Crippen LogP contribution in [-0.4, -0.2) is 19.4 Å². The maximum absolute atomic E-state index is 13.0. The van der Waals surface area contributed by atoms with E-state index in [1.165, 1.54) is 18.2 Å². The normalized spacial score (nSPS) is 10.2. The van der Waals surface area contributed by atoms with Gasteiger partial charge >= 0.3 is 0 Å². The fourth-order valence-corrected chi connectivity index (χ4v) is 1.80. The molecule has 0 spiro atoms. The molecule has 0 aliphatic heterocycles. The third-order valence-electron chi connectivity index (χ3n) is 2.90. The van der Waals surface area contributed by atoms with Gasteiger partial charge in [-0.15, -0.1) is 0 Å². The molecule has 0 fully saturated rings. The van der Waals surface area contributed by atoms with Gasteiger partial charge in [0, 0.05) is 18.3 Å². The largest absolute Gasteiger partial charge is 0.396 e. The van der Waals surface area contributed by atoms with Crippen molar-refractivity contribution in [1.82, 2.24) is 0 Å². The predicted molar refractivity (Wildman–Crippen MR) is 74.9 cm³/mol. The van der Waals surface area contributed by atoms with Crippen molar-refractivity contribution >= 4 is 17.2 Å². The van der Waals surface area contributed by atoms with Gasteiger partial charge in [0.1, 0.15) is 5.82 Å². The maximum atomic E-state index is 13.0. The lowest BCUT2D eigenvalue weighted by Crippen LogP contribution is -2.25. The number of rotatable bonds is 4. The first-order valence-corrected chi connectivity index (χ1v) is 5.92. The standard InChI is InChI=1S/C15H15FN2O/c1-18(12-5-3-2-4-6-12)10-15(19)11-7-8-13(16)14(17)9-11/h2-9H,10,17H2,1H3. The van der Waals surface area contributed by atoms with Gasteiger partial charge in [0.15, 0.2) is 5.78 Å². The van der Waals surface area contributed by atoms with E-state index in [-0.39, 0.29) is 18.0 Å². The average Bonchev–Trinajstić information content (AvgIpc) is 2.42. The zero-order valence-electron chi connectivity index (χ0n) is 10.6. The molecule has 2 rings (SSSR count). The summed E-state index contributed by atoms with van der Waals surface area (Å²) < 4.78 is 13.0. The van der Waals surface area contributed by atoms with E-state index in [1.807, 2.05) is 42.3 Å². The smallest absolute Gasteiger partial charge is 0.182 e. The van der Waals surface area contributed by atoms with E-state index >= 15 is 0 Å². The number of ketones is 1. The zero-order valence-corrected chi connectivity index (χ0v) is 10.6. The van der Waals surface area contributed by atoms with Crippen molar-refractivity contribution < 1.29 is 9.18 Å². The maximum Gasteiger partial charge on any atom is 0.182 e. The minimum Gasteiger partial charge on any atom is -0.396 e. The van der Waals surface area contributed by atoms with E-state index in [9.17, 15) is 9.18 Å². The lowest BCUT2D eigenvalue weighted by atomic mass is 10.1. The molecular weight excluding hydrogens is 243 g/mol. The molecule has 2 aromatic carbocycles. The van der Waals surface area contributed by atoms with Gasteiger partial charge in [0.25, 0.3) is 0 Å². The molecular formula is C15H15FN2O. The van der Waals surface area contributed by atoms with Crippen molar-refractivity contribution in [2.24, 2.45) is 0 Å². The highest BCUT2D eigenvalue weighted by Gasteiger charge is 2.11. The van der Waals surface area contributed by atoms with Gasteiger partial charge in [-0.3, -0.25) is 4.79 Å². The Hall–Kier alpha value is -2.36. The fourth-order valence-electron chi connectivity index (χ4n) is 1.80. The summed E-state index contributed by atoms with van der Waals surface area (Å²) in [6.07, 6.45) is 0. The fraction of sp³-hybridized carbons (Fsp3) is 0.133. The van der Waals surface area contributed by atoms with E-state index < -0.39 is 5.82 Å². The molecule has 0 bridgehead atoms.